The number of amides is 1. The van der Waals surface area contributed by atoms with E-state index in [9.17, 15) is 19.8 Å². The molecule has 0 fully saturated rings. The molecule has 0 aromatic carbocycles. The molecule has 0 bridgehead atoms. The maximum absolute atomic E-state index is 13.2. The van der Waals surface area contributed by atoms with Gasteiger partial charge in [0.2, 0.25) is 5.91 Å². The van der Waals surface area contributed by atoms with Gasteiger partial charge in [-0.15, -0.1) is 0 Å². The Morgan fingerprint density at radius 2 is 0.773 bits per heavy atom. The molecule has 66 heavy (non-hydrogen) atoms. The van der Waals surface area contributed by atoms with Gasteiger partial charge in [0, 0.05) is 6.42 Å². The zero-order valence-electron chi connectivity index (χ0n) is 43.3. The van der Waals surface area contributed by atoms with Crippen LogP contribution in [0.25, 0.3) is 0 Å². The molecule has 3 unspecified atom stereocenters. The Morgan fingerprint density at radius 1 is 0.439 bits per heavy atom. The lowest BCUT2D eigenvalue weighted by atomic mass is 10.0. The maximum Gasteiger partial charge on any atom is 0.306 e. The lowest BCUT2D eigenvalue weighted by molar-refractivity contribution is -0.151. The van der Waals surface area contributed by atoms with Crippen LogP contribution in [0.15, 0.2) is 85.1 Å². The number of aliphatic hydroxyl groups is 2. The molecule has 0 radical (unpaired) electrons. The second-order valence-electron chi connectivity index (χ2n) is 18.6. The maximum atomic E-state index is 13.2. The van der Waals surface area contributed by atoms with Crippen molar-refractivity contribution < 1.29 is 24.5 Å². The van der Waals surface area contributed by atoms with Gasteiger partial charge in [-0.05, 0) is 109 Å². The molecule has 3 atom stereocenters. The molecule has 6 heteroatoms. The summed E-state index contributed by atoms with van der Waals surface area (Å²) in [5.41, 5.74) is 0. The fourth-order valence-corrected chi connectivity index (χ4v) is 7.95. The third-order valence-electron chi connectivity index (χ3n) is 12.2. The second kappa shape index (κ2) is 53.0. The number of hydrogen-bond donors (Lipinski definition) is 3. The van der Waals surface area contributed by atoms with Gasteiger partial charge in [0.25, 0.3) is 0 Å². The Hall–Kier alpha value is -2.96. The Morgan fingerprint density at radius 3 is 1.20 bits per heavy atom. The van der Waals surface area contributed by atoms with Gasteiger partial charge in [0.1, 0.15) is 6.10 Å². The minimum atomic E-state index is -0.808. The largest absolute Gasteiger partial charge is 0.462 e. The zero-order chi connectivity index (χ0) is 48.1. The van der Waals surface area contributed by atoms with E-state index in [-0.39, 0.29) is 24.9 Å². The summed E-state index contributed by atoms with van der Waals surface area (Å²) in [6, 6.07) is -0.725. The Labute approximate surface area is 408 Å². The highest BCUT2D eigenvalue weighted by Crippen LogP contribution is 2.17. The van der Waals surface area contributed by atoms with Gasteiger partial charge >= 0.3 is 5.97 Å². The van der Waals surface area contributed by atoms with Crippen LogP contribution >= 0.6 is 0 Å². The highest BCUT2D eigenvalue weighted by atomic mass is 16.5. The van der Waals surface area contributed by atoms with Crippen molar-refractivity contribution in [2.24, 2.45) is 0 Å². The van der Waals surface area contributed by atoms with Crippen LogP contribution in [0.1, 0.15) is 258 Å². The van der Waals surface area contributed by atoms with Gasteiger partial charge in [0.15, 0.2) is 0 Å². The number of aliphatic hydroxyl groups excluding tert-OH is 2. The zero-order valence-corrected chi connectivity index (χ0v) is 43.3. The summed E-state index contributed by atoms with van der Waals surface area (Å²) in [5.74, 6) is -0.549. The Balaban J connectivity index is 4.70. The summed E-state index contributed by atoms with van der Waals surface area (Å²) >= 11 is 0. The van der Waals surface area contributed by atoms with Crippen LogP contribution < -0.4 is 5.32 Å². The van der Waals surface area contributed by atoms with E-state index < -0.39 is 18.2 Å². The minimum absolute atomic E-state index is 0.0352. The molecule has 0 aliphatic rings. The smallest absolute Gasteiger partial charge is 0.306 e. The number of allylic oxidation sites excluding steroid dienone is 14. The van der Waals surface area contributed by atoms with Crippen LogP contribution in [-0.4, -0.2) is 46.9 Å². The highest BCUT2D eigenvalue weighted by molar-refractivity contribution is 5.77. The number of carbonyl (C=O) groups is 2. The number of esters is 1. The Kier molecular flexibility index (Phi) is 50.6. The number of nitrogens with one attached hydrogen (secondary N) is 1. The van der Waals surface area contributed by atoms with Crippen molar-refractivity contribution in [1.29, 1.82) is 0 Å². The van der Waals surface area contributed by atoms with Gasteiger partial charge in [-0.25, -0.2) is 0 Å². The molecule has 0 aromatic rings. The van der Waals surface area contributed by atoms with E-state index in [1.54, 1.807) is 0 Å². The molecule has 1 amide bonds. The number of hydrogen-bond acceptors (Lipinski definition) is 5. The fraction of sp³-hybridized carbons (Fsp3) is 0.733. The molecule has 6 nitrogen and oxygen atoms in total. The monoisotopic (exact) mass is 920 g/mol. The average molecular weight is 921 g/mol. The summed E-state index contributed by atoms with van der Waals surface area (Å²) in [4.78, 5) is 26.2. The van der Waals surface area contributed by atoms with Crippen LogP contribution in [0.4, 0.5) is 0 Å². The van der Waals surface area contributed by atoms with E-state index in [0.717, 1.165) is 96.3 Å². The molecule has 0 spiro atoms. The lowest BCUT2D eigenvalue weighted by Gasteiger charge is -2.24. The lowest BCUT2D eigenvalue weighted by Crippen LogP contribution is -2.46. The van der Waals surface area contributed by atoms with Crippen LogP contribution in [0, 0.1) is 0 Å². The average Bonchev–Trinajstić information content (AvgIpc) is 3.31. The first-order valence-corrected chi connectivity index (χ1v) is 27.8. The summed E-state index contributed by atoms with van der Waals surface area (Å²) in [6.07, 6.45) is 69.2. The quantitative estimate of drug-likeness (QED) is 0.0321. The number of rotatable bonds is 49. The first kappa shape index (κ1) is 63.0. The number of carbonyl (C=O) groups excluding carboxylic acids is 2. The van der Waals surface area contributed by atoms with Gasteiger partial charge in [-0.3, -0.25) is 9.59 Å². The minimum Gasteiger partial charge on any atom is -0.462 e. The molecule has 0 heterocycles. The van der Waals surface area contributed by atoms with Crippen molar-refractivity contribution in [3.63, 3.8) is 0 Å². The van der Waals surface area contributed by atoms with Crippen molar-refractivity contribution >= 4 is 11.9 Å². The van der Waals surface area contributed by atoms with Gasteiger partial charge in [0.05, 0.1) is 25.2 Å². The molecule has 0 rings (SSSR count). The summed E-state index contributed by atoms with van der Waals surface area (Å²) in [5, 5.41) is 23.8. The molecule has 380 valence electrons. The third-order valence-corrected chi connectivity index (χ3v) is 12.2. The summed E-state index contributed by atoms with van der Waals surface area (Å²) in [6.45, 7) is 6.41. The van der Waals surface area contributed by atoms with Crippen LogP contribution in [0.5, 0.6) is 0 Å². The van der Waals surface area contributed by atoms with Crippen molar-refractivity contribution in [3.05, 3.63) is 85.1 Å². The molecule has 3 N–H and O–H groups in total. The molecule has 0 aliphatic heterocycles. The molecular formula is C60H105NO5. The normalized spacial score (nSPS) is 13.8. The topological polar surface area (TPSA) is 95.9 Å². The second-order valence-corrected chi connectivity index (χ2v) is 18.6. The predicted octanol–water partition coefficient (Wildman–Crippen LogP) is 17.1. The number of unbranched alkanes of at least 4 members (excludes halogenated alkanes) is 23. The van der Waals surface area contributed by atoms with Crippen molar-refractivity contribution in [1.82, 2.24) is 5.32 Å². The van der Waals surface area contributed by atoms with Gasteiger partial charge in [-0.2, -0.15) is 0 Å². The van der Waals surface area contributed by atoms with E-state index in [4.69, 9.17) is 4.74 Å². The standard InChI is InChI=1S/C60H105NO5/c1-4-7-10-13-16-19-22-25-27-28-29-30-32-35-38-41-44-47-50-53-60(65)66-56(51-48-45-42-39-36-34-31-26-23-20-17-14-11-8-5-2)54-59(64)61-57(55-62)58(63)52-49-46-43-40-37-33-24-21-18-15-12-9-6-3/h16-17,19-20,25-27,29-31,35-36,38-39,56-58,62-63H,4-15,18,21-24,28,32-34,37,40-55H2,1-3H3,(H,61,64)/b19-16-,20-17-,27-25-,30-29-,31-26-,38-35-,39-36-. The predicted molar refractivity (Wildman–Crippen MR) is 287 cm³/mol. The van der Waals surface area contributed by atoms with Crippen molar-refractivity contribution in [2.75, 3.05) is 6.61 Å². The van der Waals surface area contributed by atoms with Gasteiger partial charge < -0.3 is 20.3 Å². The van der Waals surface area contributed by atoms with E-state index >= 15 is 0 Å². The van der Waals surface area contributed by atoms with Crippen LogP contribution in [-0.2, 0) is 14.3 Å². The van der Waals surface area contributed by atoms with Crippen molar-refractivity contribution in [2.45, 2.75) is 277 Å². The molecule has 0 aromatic heterocycles. The fourth-order valence-electron chi connectivity index (χ4n) is 7.95. The van der Waals surface area contributed by atoms with E-state index in [2.05, 4.69) is 111 Å². The summed E-state index contributed by atoms with van der Waals surface area (Å²) in [7, 11) is 0. The third kappa shape index (κ3) is 47.5. The Bertz CT molecular complexity index is 1260. The number of ether oxygens (including phenoxy) is 1. The highest BCUT2D eigenvalue weighted by Gasteiger charge is 2.24. The van der Waals surface area contributed by atoms with E-state index in [1.165, 1.54) is 116 Å². The van der Waals surface area contributed by atoms with Gasteiger partial charge in [-0.1, -0.05) is 221 Å². The van der Waals surface area contributed by atoms with Crippen molar-refractivity contribution in [3.8, 4) is 0 Å². The summed E-state index contributed by atoms with van der Waals surface area (Å²) < 4.78 is 5.92. The molecule has 0 aliphatic carbocycles. The SMILES string of the molecule is CCCCC/C=C\C/C=C\C/C=C\C/C=C\CCCCCC(=O)OC(CCCC/C=C\C/C=C\C/C=C\CCCCC)CC(=O)NC(CO)C(O)CCCCCCCCCCCCCCC. The first-order valence-electron chi connectivity index (χ1n) is 27.8. The first-order chi connectivity index (χ1) is 32.5. The molecule has 0 saturated heterocycles. The van der Waals surface area contributed by atoms with E-state index in [0.29, 0.717) is 19.3 Å². The van der Waals surface area contributed by atoms with Crippen LogP contribution in [0.3, 0.4) is 0 Å². The van der Waals surface area contributed by atoms with E-state index in [1.807, 2.05) is 0 Å². The molecule has 0 saturated carbocycles. The van der Waals surface area contributed by atoms with Crippen LogP contribution in [0.2, 0.25) is 0 Å². The molecular weight excluding hydrogens is 815 g/mol.